The number of hydrogen-bond acceptors (Lipinski definition) is 1. The van der Waals surface area contributed by atoms with E-state index < -0.39 is 11.6 Å². The molecule has 0 amide bonds. The number of hydrogen-bond donors (Lipinski definition) is 1. The first-order chi connectivity index (χ1) is 7.18. The Labute approximate surface area is 92.4 Å². The van der Waals surface area contributed by atoms with Crippen molar-refractivity contribution in [3.63, 3.8) is 0 Å². The van der Waals surface area contributed by atoms with Crippen molar-refractivity contribution in [1.82, 2.24) is 5.32 Å². The van der Waals surface area contributed by atoms with Gasteiger partial charge < -0.3 is 5.32 Å². The molecular formula is C11H12ClF2N. The lowest BCUT2D eigenvalue weighted by Crippen LogP contribution is -2.29. The summed E-state index contributed by atoms with van der Waals surface area (Å²) in [5.41, 5.74) is 0.396. The zero-order chi connectivity index (χ0) is 10.8. The summed E-state index contributed by atoms with van der Waals surface area (Å²) in [4.78, 5) is 0. The highest BCUT2D eigenvalue weighted by molar-refractivity contribution is 6.30. The van der Waals surface area contributed by atoms with Crippen molar-refractivity contribution in [2.45, 2.75) is 18.8 Å². The standard InChI is InChI=1S/C11H12ClF2N/c12-8-4-9(11(14)10(13)5-8)7-2-1-3-15-6-7/h4-5,7,15H,1-3,6H2. The van der Waals surface area contributed by atoms with E-state index in [-0.39, 0.29) is 10.9 Å². The topological polar surface area (TPSA) is 12.0 Å². The van der Waals surface area contributed by atoms with Crippen LogP contribution in [0.5, 0.6) is 0 Å². The Morgan fingerprint density at radius 2 is 2.13 bits per heavy atom. The van der Waals surface area contributed by atoms with E-state index in [9.17, 15) is 8.78 Å². The molecule has 1 saturated heterocycles. The van der Waals surface area contributed by atoms with Crippen molar-refractivity contribution >= 4 is 11.6 Å². The van der Waals surface area contributed by atoms with Crippen molar-refractivity contribution in [3.05, 3.63) is 34.4 Å². The molecule has 0 saturated carbocycles. The minimum atomic E-state index is -0.858. The molecule has 0 spiro atoms. The van der Waals surface area contributed by atoms with Gasteiger partial charge in [0.05, 0.1) is 0 Å². The van der Waals surface area contributed by atoms with Crippen molar-refractivity contribution in [2.24, 2.45) is 0 Å². The van der Waals surface area contributed by atoms with Gasteiger partial charge in [0.25, 0.3) is 0 Å². The molecule has 2 rings (SSSR count). The summed E-state index contributed by atoms with van der Waals surface area (Å²) in [5, 5.41) is 3.43. The number of benzene rings is 1. The van der Waals surface area contributed by atoms with Crippen LogP contribution in [0, 0.1) is 11.6 Å². The normalized spacial score (nSPS) is 21.7. The molecular weight excluding hydrogens is 220 g/mol. The fourth-order valence-corrected chi connectivity index (χ4v) is 2.20. The van der Waals surface area contributed by atoms with Crippen LogP contribution in [0.2, 0.25) is 5.02 Å². The first kappa shape index (κ1) is 10.8. The summed E-state index contributed by atoms with van der Waals surface area (Å²) in [6.07, 6.45) is 1.86. The Hall–Kier alpha value is -0.670. The van der Waals surface area contributed by atoms with E-state index in [1.165, 1.54) is 6.07 Å². The second-order valence-electron chi connectivity index (χ2n) is 3.83. The number of piperidine rings is 1. The summed E-state index contributed by atoms with van der Waals surface area (Å²) < 4.78 is 26.6. The molecule has 1 atom stereocenters. The van der Waals surface area contributed by atoms with Gasteiger partial charge in [-0.15, -0.1) is 0 Å². The van der Waals surface area contributed by atoms with Crippen molar-refractivity contribution in [2.75, 3.05) is 13.1 Å². The van der Waals surface area contributed by atoms with Crippen LogP contribution < -0.4 is 5.32 Å². The van der Waals surface area contributed by atoms with E-state index in [4.69, 9.17) is 11.6 Å². The molecule has 1 unspecified atom stereocenters. The highest BCUT2D eigenvalue weighted by Crippen LogP contribution is 2.29. The van der Waals surface area contributed by atoms with Crippen LogP contribution in [0.1, 0.15) is 24.3 Å². The van der Waals surface area contributed by atoms with E-state index in [1.54, 1.807) is 0 Å². The predicted molar refractivity (Wildman–Crippen MR) is 56.2 cm³/mol. The summed E-state index contributed by atoms with van der Waals surface area (Å²) in [7, 11) is 0. The number of nitrogens with one attached hydrogen (secondary N) is 1. The predicted octanol–water partition coefficient (Wildman–Crippen LogP) is 3.09. The zero-order valence-corrected chi connectivity index (χ0v) is 8.95. The van der Waals surface area contributed by atoms with Crippen LogP contribution in [-0.2, 0) is 0 Å². The summed E-state index contributed by atoms with van der Waals surface area (Å²) >= 11 is 5.71. The van der Waals surface area contributed by atoms with Gasteiger partial charge in [-0.05, 0) is 43.0 Å². The average Bonchev–Trinajstić information content (AvgIpc) is 2.24. The Kier molecular flexibility index (Phi) is 3.22. The first-order valence-electron chi connectivity index (χ1n) is 5.03. The maximum Gasteiger partial charge on any atom is 0.162 e. The molecule has 1 aliphatic heterocycles. The van der Waals surface area contributed by atoms with Crippen LogP contribution in [-0.4, -0.2) is 13.1 Å². The van der Waals surface area contributed by atoms with Gasteiger partial charge in [0.15, 0.2) is 11.6 Å². The van der Waals surface area contributed by atoms with E-state index in [0.29, 0.717) is 12.1 Å². The average molecular weight is 232 g/mol. The fourth-order valence-electron chi connectivity index (χ4n) is 1.99. The molecule has 1 heterocycles. The van der Waals surface area contributed by atoms with Crippen LogP contribution in [0.25, 0.3) is 0 Å². The molecule has 1 aromatic carbocycles. The largest absolute Gasteiger partial charge is 0.316 e. The van der Waals surface area contributed by atoms with Crippen LogP contribution in [0.15, 0.2) is 12.1 Å². The molecule has 1 N–H and O–H groups in total. The van der Waals surface area contributed by atoms with Crippen molar-refractivity contribution in [3.8, 4) is 0 Å². The molecule has 0 radical (unpaired) electrons. The second-order valence-corrected chi connectivity index (χ2v) is 4.27. The molecule has 82 valence electrons. The van der Waals surface area contributed by atoms with Gasteiger partial charge in [0.2, 0.25) is 0 Å². The molecule has 15 heavy (non-hydrogen) atoms. The smallest absolute Gasteiger partial charge is 0.162 e. The van der Waals surface area contributed by atoms with Gasteiger partial charge in [-0.1, -0.05) is 11.6 Å². The van der Waals surface area contributed by atoms with Crippen molar-refractivity contribution in [1.29, 1.82) is 0 Å². The molecule has 1 nitrogen and oxygen atoms in total. The third-order valence-corrected chi connectivity index (χ3v) is 2.98. The van der Waals surface area contributed by atoms with Gasteiger partial charge in [-0.2, -0.15) is 0 Å². The molecule has 1 fully saturated rings. The Balaban J connectivity index is 2.33. The second kappa shape index (κ2) is 4.45. The van der Waals surface area contributed by atoms with Crippen LogP contribution in [0.4, 0.5) is 8.78 Å². The monoisotopic (exact) mass is 231 g/mol. The summed E-state index contributed by atoms with van der Waals surface area (Å²) in [5.74, 6) is -1.58. The Morgan fingerprint density at radius 1 is 1.33 bits per heavy atom. The number of rotatable bonds is 1. The lowest BCUT2D eigenvalue weighted by molar-refractivity contribution is 0.431. The maximum atomic E-state index is 13.5. The quantitative estimate of drug-likeness (QED) is 0.733. The van der Waals surface area contributed by atoms with Gasteiger partial charge in [-0.3, -0.25) is 0 Å². The van der Waals surface area contributed by atoms with E-state index in [0.717, 1.165) is 25.5 Å². The molecule has 1 aromatic rings. The highest BCUT2D eigenvalue weighted by atomic mass is 35.5. The van der Waals surface area contributed by atoms with E-state index >= 15 is 0 Å². The van der Waals surface area contributed by atoms with Crippen molar-refractivity contribution < 1.29 is 8.78 Å². The van der Waals surface area contributed by atoms with Crippen LogP contribution >= 0.6 is 11.6 Å². The zero-order valence-electron chi connectivity index (χ0n) is 8.19. The summed E-state index contributed by atoms with van der Waals surface area (Å²) in [6, 6.07) is 2.54. The van der Waals surface area contributed by atoms with Gasteiger partial charge in [0, 0.05) is 11.6 Å². The Morgan fingerprint density at radius 3 is 2.80 bits per heavy atom. The first-order valence-corrected chi connectivity index (χ1v) is 5.41. The minimum absolute atomic E-state index is 0.0342. The molecule has 0 bridgehead atoms. The van der Waals surface area contributed by atoms with Gasteiger partial charge >= 0.3 is 0 Å². The van der Waals surface area contributed by atoms with E-state index in [2.05, 4.69) is 5.32 Å². The number of halogens is 3. The highest BCUT2D eigenvalue weighted by Gasteiger charge is 2.21. The maximum absolute atomic E-state index is 13.5. The molecule has 0 aromatic heterocycles. The van der Waals surface area contributed by atoms with Gasteiger partial charge in [-0.25, -0.2) is 8.78 Å². The molecule has 1 aliphatic rings. The third-order valence-electron chi connectivity index (χ3n) is 2.76. The van der Waals surface area contributed by atoms with Crippen LogP contribution in [0.3, 0.4) is 0 Å². The fraction of sp³-hybridized carbons (Fsp3) is 0.455. The lowest BCUT2D eigenvalue weighted by atomic mass is 9.91. The minimum Gasteiger partial charge on any atom is -0.316 e. The van der Waals surface area contributed by atoms with E-state index in [1.807, 2.05) is 0 Å². The Bertz CT molecular complexity index is 362. The SMILES string of the molecule is Fc1cc(Cl)cc(C2CCCNC2)c1F. The molecule has 0 aliphatic carbocycles. The van der Waals surface area contributed by atoms with Gasteiger partial charge in [0.1, 0.15) is 0 Å². The summed E-state index contributed by atoms with van der Waals surface area (Å²) in [6.45, 7) is 1.64. The lowest BCUT2D eigenvalue weighted by Gasteiger charge is -2.23. The molecule has 4 heteroatoms. The third kappa shape index (κ3) is 2.29.